The van der Waals surface area contributed by atoms with Crippen LogP contribution in [0.25, 0.3) is 0 Å². The van der Waals surface area contributed by atoms with Gasteiger partial charge in [0, 0.05) is 23.5 Å². The van der Waals surface area contributed by atoms with Crippen LogP contribution in [0.2, 0.25) is 4.34 Å². The summed E-state index contributed by atoms with van der Waals surface area (Å²) in [6, 6.07) is 4.09. The molecule has 0 saturated heterocycles. The van der Waals surface area contributed by atoms with E-state index in [9.17, 15) is 4.79 Å². The standard InChI is InChI=1S/C14H23ClN2O2S/c1-9(17-13(18)19-14(3,4)5)8-16-10(2)11-6-7-12(15)20-11/h6-7,9-10,16H,8H2,1-5H3,(H,17,18). The summed E-state index contributed by atoms with van der Waals surface area (Å²) in [7, 11) is 0. The van der Waals surface area contributed by atoms with E-state index >= 15 is 0 Å². The molecule has 0 radical (unpaired) electrons. The normalized spacial score (nSPS) is 14.7. The number of carbonyl (C=O) groups excluding carboxylic acids is 1. The molecular weight excluding hydrogens is 296 g/mol. The monoisotopic (exact) mass is 318 g/mol. The lowest BCUT2D eigenvalue weighted by Gasteiger charge is -2.23. The lowest BCUT2D eigenvalue weighted by Crippen LogP contribution is -2.42. The zero-order valence-corrected chi connectivity index (χ0v) is 14.2. The van der Waals surface area contributed by atoms with Crippen molar-refractivity contribution in [3.63, 3.8) is 0 Å². The van der Waals surface area contributed by atoms with Gasteiger partial charge in [-0.3, -0.25) is 0 Å². The van der Waals surface area contributed by atoms with E-state index in [1.54, 1.807) is 11.3 Å². The van der Waals surface area contributed by atoms with Gasteiger partial charge in [0.15, 0.2) is 0 Å². The van der Waals surface area contributed by atoms with Crippen LogP contribution >= 0.6 is 22.9 Å². The molecule has 1 amide bonds. The molecule has 1 rings (SSSR count). The Bertz CT molecular complexity index is 443. The number of nitrogens with one attached hydrogen (secondary N) is 2. The molecular formula is C14H23ClN2O2S. The summed E-state index contributed by atoms with van der Waals surface area (Å²) in [5, 5.41) is 6.16. The summed E-state index contributed by atoms with van der Waals surface area (Å²) < 4.78 is 6.00. The average Bonchev–Trinajstić information content (AvgIpc) is 2.70. The topological polar surface area (TPSA) is 50.4 Å². The maximum absolute atomic E-state index is 11.6. The minimum atomic E-state index is -0.474. The van der Waals surface area contributed by atoms with Gasteiger partial charge in [-0.2, -0.15) is 0 Å². The fraction of sp³-hybridized carbons (Fsp3) is 0.643. The van der Waals surface area contributed by atoms with E-state index < -0.39 is 11.7 Å². The van der Waals surface area contributed by atoms with Crippen molar-refractivity contribution in [1.29, 1.82) is 0 Å². The van der Waals surface area contributed by atoms with Crippen LogP contribution in [0.1, 0.15) is 45.5 Å². The second kappa shape index (κ2) is 7.29. The Morgan fingerprint density at radius 3 is 2.55 bits per heavy atom. The summed E-state index contributed by atoms with van der Waals surface area (Å²) in [6.45, 7) is 10.2. The van der Waals surface area contributed by atoms with E-state index in [2.05, 4.69) is 17.6 Å². The van der Waals surface area contributed by atoms with Gasteiger partial charge in [0.05, 0.1) is 4.34 Å². The molecule has 1 heterocycles. The summed E-state index contributed by atoms with van der Waals surface area (Å²) >= 11 is 7.47. The fourth-order valence-corrected chi connectivity index (χ4v) is 2.66. The Morgan fingerprint density at radius 1 is 1.40 bits per heavy atom. The van der Waals surface area contributed by atoms with Crippen molar-refractivity contribution >= 4 is 29.0 Å². The van der Waals surface area contributed by atoms with Crippen molar-refractivity contribution in [2.45, 2.75) is 52.3 Å². The smallest absolute Gasteiger partial charge is 0.407 e. The van der Waals surface area contributed by atoms with Crippen molar-refractivity contribution < 1.29 is 9.53 Å². The molecule has 0 aliphatic carbocycles. The maximum Gasteiger partial charge on any atom is 0.407 e. The van der Waals surface area contributed by atoms with Crippen LogP contribution in [0.3, 0.4) is 0 Å². The number of alkyl carbamates (subject to hydrolysis) is 1. The highest BCUT2D eigenvalue weighted by atomic mass is 35.5. The molecule has 0 bridgehead atoms. The number of amides is 1. The Balaban J connectivity index is 2.32. The largest absolute Gasteiger partial charge is 0.444 e. The van der Waals surface area contributed by atoms with Crippen LogP contribution in [0.4, 0.5) is 4.79 Å². The summed E-state index contributed by atoms with van der Waals surface area (Å²) in [4.78, 5) is 12.8. The van der Waals surface area contributed by atoms with Crippen LogP contribution in [0, 0.1) is 0 Å². The first-order chi connectivity index (χ1) is 9.17. The average molecular weight is 319 g/mol. The second-order valence-corrected chi connectivity index (χ2v) is 7.57. The molecule has 20 heavy (non-hydrogen) atoms. The van der Waals surface area contributed by atoms with Gasteiger partial charge >= 0.3 is 6.09 Å². The van der Waals surface area contributed by atoms with Crippen LogP contribution in [0.5, 0.6) is 0 Å². The number of carbonyl (C=O) groups is 1. The molecule has 2 atom stereocenters. The van der Waals surface area contributed by atoms with E-state index in [0.29, 0.717) is 6.54 Å². The number of thiophene rings is 1. The molecule has 114 valence electrons. The number of rotatable bonds is 5. The zero-order valence-electron chi connectivity index (χ0n) is 12.6. The molecule has 1 aromatic heterocycles. The molecule has 0 spiro atoms. The van der Waals surface area contributed by atoms with E-state index in [-0.39, 0.29) is 12.1 Å². The molecule has 2 unspecified atom stereocenters. The lowest BCUT2D eigenvalue weighted by atomic mass is 10.2. The Kier molecular flexibility index (Phi) is 6.30. The molecule has 4 nitrogen and oxygen atoms in total. The highest BCUT2D eigenvalue weighted by molar-refractivity contribution is 7.16. The van der Waals surface area contributed by atoms with Crippen LogP contribution in [-0.2, 0) is 4.74 Å². The minimum absolute atomic E-state index is 0.0114. The first-order valence-corrected chi connectivity index (χ1v) is 7.85. The van der Waals surface area contributed by atoms with E-state index in [1.165, 1.54) is 4.88 Å². The van der Waals surface area contributed by atoms with Gasteiger partial charge in [-0.25, -0.2) is 4.79 Å². The van der Waals surface area contributed by atoms with E-state index in [0.717, 1.165) is 4.34 Å². The van der Waals surface area contributed by atoms with Gasteiger partial charge < -0.3 is 15.4 Å². The van der Waals surface area contributed by atoms with Crippen molar-refractivity contribution in [1.82, 2.24) is 10.6 Å². The molecule has 6 heteroatoms. The molecule has 0 fully saturated rings. The van der Waals surface area contributed by atoms with Gasteiger partial charge in [0.2, 0.25) is 0 Å². The van der Waals surface area contributed by atoms with Crippen molar-refractivity contribution in [3.8, 4) is 0 Å². The van der Waals surface area contributed by atoms with Gasteiger partial charge in [0.1, 0.15) is 5.60 Å². The summed E-state index contributed by atoms with van der Waals surface area (Å²) in [6.07, 6.45) is -0.390. The molecule has 0 saturated carbocycles. The quantitative estimate of drug-likeness (QED) is 0.863. The Hall–Kier alpha value is -0.780. The molecule has 1 aromatic rings. The van der Waals surface area contributed by atoms with Crippen LogP contribution in [-0.4, -0.2) is 24.3 Å². The number of ether oxygens (including phenoxy) is 1. The second-order valence-electron chi connectivity index (χ2n) is 5.82. The number of hydrogen-bond donors (Lipinski definition) is 2. The Labute approximate surface area is 129 Å². The summed E-state index contributed by atoms with van der Waals surface area (Å²) in [5.41, 5.74) is -0.474. The molecule has 2 N–H and O–H groups in total. The SMILES string of the molecule is CC(CNC(C)c1ccc(Cl)s1)NC(=O)OC(C)(C)C. The van der Waals surface area contributed by atoms with Crippen molar-refractivity contribution in [2.24, 2.45) is 0 Å². The molecule has 0 aromatic carbocycles. The highest BCUT2D eigenvalue weighted by Crippen LogP contribution is 2.26. The number of halogens is 1. The first kappa shape index (κ1) is 17.3. The number of hydrogen-bond acceptors (Lipinski definition) is 4. The van der Waals surface area contributed by atoms with Gasteiger partial charge in [0.25, 0.3) is 0 Å². The van der Waals surface area contributed by atoms with Crippen molar-refractivity contribution in [2.75, 3.05) is 6.54 Å². The van der Waals surface area contributed by atoms with Crippen molar-refractivity contribution in [3.05, 3.63) is 21.3 Å². The highest BCUT2D eigenvalue weighted by Gasteiger charge is 2.18. The summed E-state index contributed by atoms with van der Waals surface area (Å²) in [5.74, 6) is 0. The predicted octanol–water partition coefficient (Wildman–Crippen LogP) is 3.97. The lowest BCUT2D eigenvalue weighted by molar-refractivity contribution is 0.0508. The minimum Gasteiger partial charge on any atom is -0.444 e. The maximum atomic E-state index is 11.6. The van der Waals surface area contributed by atoms with Crippen LogP contribution in [0.15, 0.2) is 12.1 Å². The van der Waals surface area contributed by atoms with E-state index in [1.807, 2.05) is 39.8 Å². The third kappa shape index (κ3) is 6.59. The third-order valence-corrected chi connectivity index (χ3v) is 3.93. The molecule has 0 aliphatic rings. The third-order valence-electron chi connectivity index (χ3n) is 2.51. The fourth-order valence-electron chi connectivity index (χ4n) is 1.57. The van der Waals surface area contributed by atoms with Gasteiger partial charge in [-0.05, 0) is 46.8 Å². The molecule has 0 aliphatic heterocycles. The first-order valence-electron chi connectivity index (χ1n) is 6.65. The van der Waals surface area contributed by atoms with E-state index in [4.69, 9.17) is 16.3 Å². The van der Waals surface area contributed by atoms with Gasteiger partial charge in [-0.15, -0.1) is 11.3 Å². The predicted molar refractivity (Wildman–Crippen MR) is 84.6 cm³/mol. The Morgan fingerprint density at radius 2 is 2.05 bits per heavy atom. The van der Waals surface area contributed by atoms with Gasteiger partial charge in [-0.1, -0.05) is 11.6 Å². The zero-order chi connectivity index (χ0) is 15.3. The van der Waals surface area contributed by atoms with Crippen LogP contribution < -0.4 is 10.6 Å².